The van der Waals surface area contributed by atoms with Crippen LogP contribution in [0.1, 0.15) is 5.56 Å². The normalized spacial score (nSPS) is 17.1. The van der Waals surface area contributed by atoms with Crippen LogP contribution in [0.3, 0.4) is 0 Å². The van der Waals surface area contributed by atoms with Crippen LogP contribution in [0.4, 0.5) is 0 Å². The molecule has 1 saturated heterocycles. The summed E-state index contributed by atoms with van der Waals surface area (Å²) >= 11 is 16.9. The minimum atomic E-state index is -0.568. The molecule has 1 aromatic carbocycles. The lowest BCUT2D eigenvalue weighted by atomic mass is 10.1. The van der Waals surface area contributed by atoms with E-state index in [1.165, 1.54) is 17.1 Å². The summed E-state index contributed by atoms with van der Waals surface area (Å²) in [5.74, 6) is -1.07. The molecule has 108 valence electrons. The molecule has 1 aromatic rings. The molecule has 0 unspecified atom stereocenters. The van der Waals surface area contributed by atoms with E-state index in [1.54, 1.807) is 18.2 Å². The Hall–Kier alpha value is -1.69. The Bertz CT molecular complexity index is 686. The van der Waals surface area contributed by atoms with Crippen molar-refractivity contribution in [3.05, 3.63) is 52.0 Å². The van der Waals surface area contributed by atoms with Crippen LogP contribution >= 0.6 is 35.4 Å². The summed E-state index contributed by atoms with van der Waals surface area (Å²) in [6.45, 7) is 3.76. The number of carbonyl (C=O) groups is 2. The topological polar surface area (TPSA) is 49.4 Å². The second-order valence-electron chi connectivity index (χ2n) is 4.16. The average Bonchev–Trinajstić information content (AvgIpc) is 2.44. The molecule has 0 bridgehead atoms. The fourth-order valence-electron chi connectivity index (χ4n) is 1.78. The zero-order valence-corrected chi connectivity index (χ0v) is 13.1. The Labute approximate surface area is 137 Å². The number of carbonyl (C=O) groups excluding carboxylic acids is 2. The van der Waals surface area contributed by atoms with Crippen molar-refractivity contribution in [3.63, 3.8) is 0 Å². The Morgan fingerprint density at radius 1 is 1.33 bits per heavy atom. The lowest BCUT2D eigenvalue weighted by molar-refractivity contribution is -0.128. The molecule has 0 atom stereocenters. The molecule has 0 spiro atoms. The van der Waals surface area contributed by atoms with E-state index in [0.29, 0.717) is 10.6 Å². The summed E-state index contributed by atoms with van der Waals surface area (Å²) in [6, 6.07) is 4.96. The van der Waals surface area contributed by atoms with Crippen LogP contribution in [0, 0.1) is 0 Å². The summed E-state index contributed by atoms with van der Waals surface area (Å²) in [4.78, 5) is 25.5. The molecule has 1 aliphatic heterocycles. The lowest BCUT2D eigenvalue weighted by Crippen LogP contribution is -2.53. The first kappa shape index (κ1) is 15.7. The molecule has 2 rings (SSSR count). The van der Waals surface area contributed by atoms with Gasteiger partial charge in [0, 0.05) is 6.54 Å². The minimum absolute atomic E-state index is 0.0549. The Balaban J connectivity index is 2.45. The number of hydrogen-bond acceptors (Lipinski definition) is 3. The molecule has 1 aliphatic rings. The van der Waals surface area contributed by atoms with Crippen LogP contribution in [0.15, 0.2) is 36.4 Å². The number of halogens is 2. The van der Waals surface area contributed by atoms with E-state index in [0.717, 1.165) is 0 Å². The van der Waals surface area contributed by atoms with Crippen molar-refractivity contribution in [2.45, 2.75) is 0 Å². The molecule has 0 saturated carbocycles. The maximum absolute atomic E-state index is 12.3. The zero-order valence-electron chi connectivity index (χ0n) is 10.7. The van der Waals surface area contributed by atoms with Gasteiger partial charge in [-0.3, -0.25) is 19.8 Å². The Kier molecular flexibility index (Phi) is 4.77. The van der Waals surface area contributed by atoms with Crippen molar-refractivity contribution in [1.29, 1.82) is 0 Å². The van der Waals surface area contributed by atoms with Crippen LogP contribution in [-0.4, -0.2) is 28.4 Å². The first-order valence-electron chi connectivity index (χ1n) is 5.89. The third kappa shape index (κ3) is 3.15. The molecule has 7 heteroatoms. The van der Waals surface area contributed by atoms with Gasteiger partial charge in [-0.2, -0.15) is 0 Å². The first-order chi connectivity index (χ1) is 9.95. The number of thiocarbonyl (C=S) groups is 1. The van der Waals surface area contributed by atoms with Crippen molar-refractivity contribution in [2.24, 2.45) is 0 Å². The highest BCUT2D eigenvalue weighted by Crippen LogP contribution is 2.28. The fraction of sp³-hybridized carbons (Fsp3) is 0.0714. The third-order valence-corrected chi connectivity index (χ3v) is 3.93. The molecule has 0 aromatic heterocycles. The van der Waals surface area contributed by atoms with E-state index in [9.17, 15) is 9.59 Å². The molecule has 0 radical (unpaired) electrons. The van der Waals surface area contributed by atoms with Gasteiger partial charge in [-0.05, 0) is 29.9 Å². The Morgan fingerprint density at radius 2 is 2.05 bits per heavy atom. The Morgan fingerprint density at radius 3 is 2.71 bits per heavy atom. The number of nitrogens with zero attached hydrogens (tertiary/aromatic N) is 1. The summed E-state index contributed by atoms with van der Waals surface area (Å²) in [5, 5.41) is 3.12. The maximum Gasteiger partial charge on any atom is 0.265 e. The smallest absolute Gasteiger partial charge is 0.265 e. The first-order valence-corrected chi connectivity index (χ1v) is 7.06. The molecule has 1 heterocycles. The quantitative estimate of drug-likeness (QED) is 0.398. The second kappa shape index (κ2) is 6.39. The monoisotopic (exact) mass is 340 g/mol. The SMILES string of the molecule is C=CCN1C(=O)C(=Cc2cccc(Cl)c2Cl)C(=O)NC1=S. The minimum Gasteiger partial charge on any atom is -0.298 e. The molecule has 1 N–H and O–H groups in total. The van der Waals surface area contributed by atoms with Gasteiger partial charge in [-0.25, -0.2) is 0 Å². The van der Waals surface area contributed by atoms with Crippen LogP contribution < -0.4 is 5.32 Å². The number of benzene rings is 1. The van der Waals surface area contributed by atoms with Gasteiger partial charge in [-0.15, -0.1) is 6.58 Å². The van der Waals surface area contributed by atoms with Gasteiger partial charge in [0.15, 0.2) is 5.11 Å². The van der Waals surface area contributed by atoms with Crippen molar-refractivity contribution < 1.29 is 9.59 Å². The van der Waals surface area contributed by atoms with Crippen molar-refractivity contribution in [1.82, 2.24) is 10.2 Å². The van der Waals surface area contributed by atoms with Crippen molar-refractivity contribution >= 4 is 58.4 Å². The molecular formula is C14H10Cl2N2O2S. The van der Waals surface area contributed by atoms with E-state index in [-0.39, 0.29) is 22.3 Å². The number of hydrogen-bond donors (Lipinski definition) is 1. The van der Waals surface area contributed by atoms with E-state index in [1.807, 2.05) is 0 Å². The van der Waals surface area contributed by atoms with Gasteiger partial charge in [0.2, 0.25) is 0 Å². The van der Waals surface area contributed by atoms with Crippen LogP contribution in [0.5, 0.6) is 0 Å². The molecule has 1 fully saturated rings. The van der Waals surface area contributed by atoms with E-state index in [2.05, 4.69) is 11.9 Å². The van der Waals surface area contributed by atoms with Crippen LogP contribution in [0.25, 0.3) is 6.08 Å². The standard InChI is InChI=1S/C14H10Cl2N2O2S/c1-2-6-18-13(20)9(12(19)17-14(18)21)7-8-4-3-5-10(15)11(8)16/h2-5,7H,1,6H2,(H,17,19,21). The predicted molar refractivity (Wildman–Crippen MR) is 87.1 cm³/mol. The largest absolute Gasteiger partial charge is 0.298 e. The van der Waals surface area contributed by atoms with Crippen LogP contribution in [-0.2, 0) is 9.59 Å². The second-order valence-corrected chi connectivity index (χ2v) is 5.34. The molecule has 2 amide bonds. The van der Waals surface area contributed by atoms with Gasteiger partial charge in [0.1, 0.15) is 5.57 Å². The van der Waals surface area contributed by atoms with Crippen molar-refractivity contribution in [3.8, 4) is 0 Å². The van der Waals surface area contributed by atoms with Gasteiger partial charge in [-0.1, -0.05) is 41.4 Å². The van der Waals surface area contributed by atoms with Crippen molar-refractivity contribution in [2.75, 3.05) is 6.54 Å². The van der Waals surface area contributed by atoms with E-state index in [4.69, 9.17) is 35.4 Å². The molecular weight excluding hydrogens is 331 g/mol. The third-order valence-electron chi connectivity index (χ3n) is 2.78. The maximum atomic E-state index is 12.3. The highest BCUT2D eigenvalue weighted by molar-refractivity contribution is 7.80. The van der Waals surface area contributed by atoms with E-state index >= 15 is 0 Å². The van der Waals surface area contributed by atoms with E-state index < -0.39 is 11.8 Å². The summed E-state index contributed by atoms with van der Waals surface area (Å²) in [6.07, 6.45) is 2.91. The summed E-state index contributed by atoms with van der Waals surface area (Å²) in [5.41, 5.74) is 0.420. The molecule has 0 aliphatic carbocycles. The van der Waals surface area contributed by atoms with Crippen LogP contribution in [0.2, 0.25) is 10.0 Å². The highest BCUT2D eigenvalue weighted by atomic mass is 35.5. The van der Waals surface area contributed by atoms with Gasteiger partial charge >= 0.3 is 0 Å². The zero-order chi connectivity index (χ0) is 15.6. The predicted octanol–water partition coefficient (Wildman–Crippen LogP) is 2.81. The lowest BCUT2D eigenvalue weighted by Gasteiger charge is -2.27. The van der Waals surface area contributed by atoms with Gasteiger partial charge in [0.05, 0.1) is 10.0 Å². The highest BCUT2D eigenvalue weighted by Gasteiger charge is 2.32. The number of amides is 2. The van der Waals surface area contributed by atoms with Gasteiger partial charge in [0.25, 0.3) is 11.8 Å². The molecule has 21 heavy (non-hydrogen) atoms. The average molecular weight is 341 g/mol. The summed E-state index contributed by atoms with van der Waals surface area (Å²) < 4.78 is 0. The van der Waals surface area contributed by atoms with Gasteiger partial charge < -0.3 is 0 Å². The fourth-order valence-corrected chi connectivity index (χ4v) is 2.39. The summed E-state index contributed by atoms with van der Waals surface area (Å²) in [7, 11) is 0. The number of rotatable bonds is 3. The number of nitrogens with one attached hydrogen (secondary N) is 1. The molecule has 4 nitrogen and oxygen atoms in total.